The number of benzene rings is 1. The minimum atomic E-state index is 0.179. The summed E-state index contributed by atoms with van der Waals surface area (Å²) in [6, 6.07) is 6.57. The van der Waals surface area contributed by atoms with Crippen LogP contribution in [0, 0.1) is 13.8 Å². The molecule has 0 unspecified atom stereocenters. The molecule has 2 rings (SSSR count). The molecule has 1 aromatic carbocycles. The molecule has 1 amide bonds. The second-order valence-corrected chi connectivity index (χ2v) is 5.42. The lowest BCUT2D eigenvalue weighted by atomic mass is 10.0. The van der Waals surface area contributed by atoms with Gasteiger partial charge in [0, 0.05) is 24.7 Å². The molecule has 3 nitrogen and oxygen atoms in total. The van der Waals surface area contributed by atoms with E-state index in [1.54, 1.807) is 0 Å². The summed E-state index contributed by atoms with van der Waals surface area (Å²) < 4.78 is 0. The van der Waals surface area contributed by atoms with Gasteiger partial charge in [-0.3, -0.25) is 4.79 Å². The number of piperidine rings is 1. The van der Waals surface area contributed by atoms with E-state index in [0.29, 0.717) is 6.04 Å². The highest BCUT2D eigenvalue weighted by atomic mass is 16.2. The number of aryl methyl sites for hydroxylation is 2. The van der Waals surface area contributed by atoms with E-state index in [1.165, 1.54) is 11.1 Å². The lowest BCUT2D eigenvalue weighted by Gasteiger charge is -2.32. The molecule has 104 valence electrons. The van der Waals surface area contributed by atoms with E-state index >= 15 is 0 Å². The van der Waals surface area contributed by atoms with Crippen molar-refractivity contribution in [2.24, 2.45) is 0 Å². The zero-order chi connectivity index (χ0) is 13.8. The van der Waals surface area contributed by atoms with Crippen LogP contribution in [0.3, 0.4) is 0 Å². The van der Waals surface area contributed by atoms with Crippen LogP contribution in [0.4, 0.5) is 0 Å². The van der Waals surface area contributed by atoms with Crippen molar-refractivity contribution >= 4 is 5.91 Å². The van der Waals surface area contributed by atoms with Crippen LogP contribution in [-0.4, -0.2) is 36.5 Å². The predicted octanol–water partition coefficient (Wildman–Crippen LogP) is 2.52. The Kier molecular flexibility index (Phi) is 4.59. The number of nitrogens with zero attached hydrogens (tertiary/aromatic N) is 1. The average molecular weight is 260 g/mol. The summed E-state index contributed by atoms with van der Waals surface area (Å²) in [5.74, 6) is 0.179. The summed E-state index contributed by atoms with van der Waals surface area (Å²) in [5, 5.41) is 3.46. The number of rotatable bonds is 3. The first-order valence-electron chi connectivity index (χ1n) is 7.21. The molecular formula is C16H24N2O. The van der Waals surface area contributed by atoms with Crippen molar-refractivity contribution in [3.8, 4) is 0 Å². The molecule has 1 heterocycles. The predicted molar refractivity (Wildman–Crippen MR) is 78.5 cm³/mol. The van der Waals surface area contributed by atoms with Crippen molar-refractivity contribution in [1.82, 2.24) is 10.2 Å². The molecule has 1 aliphatic heterocycles. The van der Waals surface area contributed by atoms with Gasteiger partial charge in [0.1, 0.15) is 0 Å². The fourth-order valence-electron chi connectivity index (χ4n) is 2.63. The second kappa shape index (κ2) is 6.20. The van der Waals surface area contributed by atoms with Gasteiger partial charge in [0.15, 0.2) is 0 Å². The normalized spacial score (nSPS) is 16.7. The minimum Gasteiger partial charge on any atom is -0.339 e. The topological polar surface area (TPSA) is 32.3 Å². The Hall–Kier alpha value is -1.35. The summed E-state index contributed by atoms with van der Waals surface area (Å²) >= 11 is 0. The molecule has 1 aliphatic rings. The number of hydrogen-bond donors (Lipinski definition) is 1. The van der Waals surface area contributed by atoms with E-state index in [4.69, 9.17) is 0 Å². The monoisotopic (exact) mass is 260 g/mol. The van der Waals surface area contributed by atoms with Crippen LogP contribution in [0.2, 0.25) is 0 Å². The van der Waals surface area contributed by atoms with Gasteiger partial charge >= 0.3 is 0 Å². The molecule has 0 spiro atoms. The van der Waals surface area contributed by atoms with E-state index in [2.05, 4.69) is 26.1 Å². The van der Waals surface area contributed by atoms with Crippen LogP contribution in [0.5, 0.6) is 0 Å². The van der Waals surface area contributed by atoms with Crippen molar-refractivity contribution in [2.75, 3.05) is 19.6 Å². The zero-order valence-corrected chi connectivity index (χ0v) is 12.2. The van der Waals surface area contributed by atoms with E-state index in [1.807, 2.05) is 23.1 Å². The Balaban J connectivity index is 1.99. The van der Waals surface area contributed by atoms with Crippen molar-refractivity contribution in [3.05, 3.63) is 34.9 Å². The zero-order valence-electron chi connectivity index (χ0n) is 12.2. The van der Waals surface area contributed by atoms with Crippen molar-refractivity contribution in [2.45, 2.75) is 39.7 Å². The quantitative estimate of drug-likeness (QED) is 0.905. The second-order valence-electron chi connectivity index (χ2n) is 5.42. The molecule has 1 fully saturated rings. The first kappa shape index (κ1) is 14.1. The fraction of sp³-hybridized carbons (Fsp3) is 0.562. The van der Waals surface area contributed by atoms with Crippen LogP contribution in [0.1, 0.15) is 41.3 Å². The largest absolute Gasteiger partial charge is 0.339 e. The van der Waals surface area contributed by atoms with Crippen LogP contribution >= 0.6 is 0 Å². The lowest BCUT2D eigenvalue weighted by molar-refractivity contribution is 0.0706. The van der Waals surface area contributed by atoms with Gasteiger partial charge < -0.3 is 10.2 Å². The maximum atomic E-state index is 12.4. The Labute approximate surface area is 116 Å². The van der Waals surface area contributed by atoms with Crippen LogP contribution < -0.4 is 5.32 Å². The Bertz CT molecular complexity index is 448. The highest BCUT2D eigenvalue weighted by Gasteiger charge is 2.23. The SMILES string of the molecule is CCNC1CCN(C(=O)c2ccc(C)c(C)c2)CC1. The first-order chi connectivity index (χ1) is 9.11. The Morgan fingerprint density at radius 2 is 1.95 bits per heavy atom. The van der Waals surface area contributed by atoms with E-state index < -0.39 is 0 Å². The van der Waals surface area contributed by atoms with Gasteiger partial charge in [0.05, 0.1) is 0 Å². The molecule has 3 heteroatoms. The van der Waals surface area contributed by atoms with Gasteiger partial charge in [-0.05, 0) is 56.5 Å². The third-order valence-corrected chi connectivity index (χ3v) is 4.03. The van der Waals surface area contributed by atoms with Crippen molar-refractivity contribution in [3.63, 3.8) is 0 Å². The summed E-state index contributed by atoms with van der Waals surface area (Å²) in [6.07, 6.45) is 2.12. The smallest absolute Gasteiger partial charge is 0.253 e. The van der Waals surface area contributed by atoms with Gasteiger partial charge in [-0.2, -0.15) is 0 Å². The summed E-state index contributed by atoms with van der Waals surface area (Å²) in [5.41, 5.74) is 3.25. The van der Waals surface area contributed by atoms with Gasteiger partial charge in [0.25, 0.3) is 5.91 Å². The molecular weight excluding hydrogens is 236 g/mol. The number of amides is 1. The summed E-state index contributed by atoms with van der Waals surface area (Å²) in [6.45, 7) is 9.00. The molecule has 0 aliphatic carbocycles. The lowest BCUT2D eigenvalue weighted by Crippen LogP contribution is -2.44. The van der Waals surface area contributed by atoms with Crippen molar-refractivity contribution < 1.29 is 4.79 Å². The molecule has 0 radical (unpaired) electrons. The number of carbonyl (C=O) groups excluding carboxylic acids is 1. The van der Waals surface area contributed by atoms with E-state index in [-0.39, 0.29) is 5.91 Å². The van der Waals surface area contributed by atoms with E-state index in [9.17, 15) is 4.79 Å². The maximum absolute atomic E-state index is 12.4. The van der Waals surface area contributed by atoms with Crippen molar-refractivity contribution in [1.29, 1.82) is 0 Å². The summed E-state index contributed by atoms with van der Waals surface area (Å²) in [7, 11) is 0. The highest BCUT2D eigenvalue weighted by Crippen LogP contribution is 2.16. The first-order valence-corrected chi connectivity index (χ1v) is 7.21. The molecule has 0 bridgehead atoms. The third kappa shape index (κ3) is 3.35. The molecule has 1 aromatic rings. The molecule has 1 N–H and O–H groups in total. The van der Waals surface area contributed by atoms with Crippen LogP contribution in [0.15, 0.2) is 18.2 Å². The standard InChI is InChI=1S/C16H24N2O/c1-4-17-15-7-9-18(10-8-15)16(19)14-6-5-12(2)13(3)11-14/h5-6,11,15,17H,4,7-10H2,1-3H3. The molecule has 0 saturated carbocycles. The van der Waals surface area contributed by atoms with E-state index in [0.717, 1.165) is 38.0 Å². The molecule has 19 heavy (non-hydrogen) atoms. The molecule has 1 saturated heterocycles. The molecule has 0 aromatic heterocycles. The number of carbonyl (C=O) groups is 1. The number of nitrogens with one attached hydrogen (secondary N) is 1. The Morgan fingerprint density at radius 3 is 2.53 bits per heavy atom. The third-order valence-electron chi connectivity index (χ3n) is 4.03. The number of hydrogen-bond acceptors (Lipinski definition) is 2. The van der Waals surface area contributed by atoms with Crippen LogP contribution in [0.25, 0.3) is 0 Å². The Morgan fingerprint density at radius 1 is 1.26 bits per heavy atom. The minimum absolute atomic E-state index is 0.179. The van der Waals surface area contributed by atoms with Gasteiger partial charge in [-0.25, -0.2) is 0 Å². The molecule has 0 atom stereocenters. The van der Waals surface area contributed by atoms with Gasteiger partial charge in [-0.1, -0.05) is 13.0 Å². The van der Waals surface area contributed by atoms with Crippen LogP contribution in [-0.2, 0) is 0 Å². The number of likely N-dealkylation sites (tertiary alicyclic amines) is 1. The maximum Gasteiger partial charge on any atom is 0.253 e. The van der Waals surface area contributed by atoms with Gasteiger partial charge in [-0.15, -0.1) is 0 Å². The van der Waals surface area contributed by atoms with Gasteiger partial charge in [0.2, 0.25) is 0 Å². The fourth-order valence-corrected chi connectivity index (χ4v) is 2.63. The summed E-state index contributed by atoms with van der Waals surface area (Å²) in [4.78, 5) is 14.4. The highest BCUT2D eigenvalue weighted by molar-refractivity contribution is 5.94. The average Bonchev–Trinajstić information content (AvgIpc) is 2.42.